The Morgan fingerprint density at radius 3 is 2.38 bits per heavy atom. The molecule has 32 heavy (non-hydrogen) atoms. The average Bonchev–Trinajstić information content (AvgIpc) is 2.81. The smallest absolute Gasteiger partial charge is 0.246 e. The lowest BCUT2D eigenvalue weighted by Gasteiger charge is -2.34. The number of hydrogen-bond acceptors (Lipinski definition) is 4. The van der Waals surface area contributed by atoms with Gasteiger partial charge in [-0.05, 0) is 49.1 Å². The predicted octanol–water partition coefficient (Wildman–Crippen LogP) is 2.81. The van der Waals surface area contributed by atoms with Gasteiger partial charge in [0.15, 0.2) is 0 Å². The summed E-state index contributed by atoms with van der Waals surface area (Å²) >= 11 is 0. The molecule has 170 valence electrons. The van der Waals surface area contributed by atoms with Crippen LogP contribution in [0.4, 0.5) is 0 Å². The van der Waals surface area contributed by atoms with Crippen molar-refractivity contribution in [1.82, 2.24) is 9.80 Å². The summed E-state index contributed by atoms with van der Waals surface area (Å²) in [6.07, 6.45) is 4.56. The maximum Gasteiger partial charge on any atom is 0.246 e. The summed E-state index contributed by atoms with van der Waals surface area (Å²) in [7, 11) is -2.09. The number of benzene rings is 2. The van der Waals surface area contributed by atoms with Crippen molar-refractivity contribution in [3.8, 4) is 0 Å². The van der Waals surface area contributed by atoms with Crippen LogP contribution in [0.3, 0.4) is 0 Å². The summed E-state index contributed by atoms with van der Waals surface area (Å²) in [5.41, 5.74) is 1.67. The van der Waals surface area contributed by atoms with Crippen molar-refractivity contribution in [2.24, 2.45) is 11.1 Å². The molecular formula is C24H29N3O4S. The Kier molecular flexibility index (Phi) is 7.48. The average molecular weight is 456 g/mol. The number of likely N-dealkylation sites (tertiary alicyclic amines) is 1. The monoisotopic (exact) mass is 455 g/mol. The first kappa shape index (κ1) is 23.7. The van der Waals surface area contributed by atoms with Crippen molar-refractivity contribution in [2.75, 3.05) is 20.1 Å². The number of carbonyl (C=O) groups excluding carboxylic acids is 2. The first-order valence-corrected chi connectivity index (χ1v) is 12.1. The van der Waals surface area contributed by atoms with Gasteiger partial charge >= 0.3 is 0 Å². The Bertz CT molecular complexity index is 1090. The lowest BCUT2D eigenvalue weighted by atomic mass is 9.94. The van der Waals surface area contributed by atoms with Gasteiger partial charge in [-0.2, -0.15) is 0 Å². The normalized spacial score (nSPS) is 16.2. The summed E-state index contributed by atoms with van der Waals surface area (Å²) in [6.45, 7) is 2.90. The molecule has 0 aromatic heterocycles. The maximum absolute atomic E-state index is 13.0. The largest absolute Gasteiger partial charge is 0.339 e. The zero-order valence-electron chi connectivity index (χ0n) is 18.3. The highest BCUT2D eigenvalue weighted by atomic mass is 32.2. The van der Waals surface area contributed by atoms with E-state index in [0.29, 0.717) is 31.5 Å². The standard InChI is InChI=1S/C24H29N3O4S/c1-18(21-9-6-10-22(17-21)32(25,30)31)26(2)24(29)20-13-15-27(16-14-20)23(28)12-11-19-7-4-3-5-8-19/h3-12,17-18,20H,13-16H2,1-2H3,(H2,25,30,31)/b12-11+. The van der Waals surface area contributed by atoms with Crippen LogP contribution >= 0.6 is 0 Å². The van der Waals surface area contributed by atoms with Gasteiger partial charge in [-0.15, -0.1) is 0 Å². The van der Waals surface area contributed by atoms with Crippen molar-refractivity contribution in [3.63, 3.8) is 0 Å². The van der Waals surface area contributed by atoms with Crippen LogP contribution in [0, 0.1) is 5.92 Å². The van der Waals surface area contributed by atoms with Gasteiger partial charge in [0.1, 0.15) is 0 Å². The van der Waals surface area contributed by atoms with E-state index in [1.54, 1.807) is 41.1 Å². The lowest BCUT2D eigenvalue weighted by molar-refractivity contribution is -0.139. The maximum atomic E-state index is 13.0. The van der Waals surface area contributed by atoms with Gasteiger partial charge in [0.25, 0.3) is 0 Å². The van der Waals surface area contributed by atoms with E-state index in [4.69, 9.17) is 5.14 Å². The summed E-state index contributed by atoms with van der Waals surface area (Å²) in [4.78, 5) is 29.0. The molecular weight excluding hydrogens is 426 g/mol. The molecule has 2 amide bonds. The number of amides is 2. The fourth-order valence-corrected chi connectivity index (χ4v) is 4.41. The highest BCUT2D eigenvalue weighted by Crippen LogP contribution is 2.26. The highest BCUT2D eigenvalue weighted by Gasteiger charge is 2.30. The summed E-state index contributed by atoms with van der Waals surface area (Å²) < 4.78 is 23.3. The zero-order chi connectivity index (χ0) is 23.3. The summed E-state index contributed by atoms with van der Waals surface area (Å²) in [5, 5.41) is 5.23. The van der Waals surface area contributed by atoms with Crippen LogP contribution in [0.25, 0.3) is 6.08 Å². The molecule has 1 heterocycles. The molecule has 1 aliphatic rings. The van der Waals surface area contributed by atoms with Crippen LogP contribution in [-0.4, -0.2) is 50.2 Å². The second-order valence-corrected chi connectivity index (χ2v) is 9.65. The third-order valence-electron chi connectivity index (χ3n) is 5.97. The number of nitrogens with zero attached hydrogens (tertiary/aromatic N) is 2. The van der Waals surface area contributed by atoms with Crippen LogP contribution < -0.4 is 5.14 Å². The minimum absolute atomic E-state index is 0.00886. The van der Waals surface area contributed by atoms with E-state index in [-0.39, 0.29) is 28.7 Å². The molecule has 0 radical (unpaired) electrons. The van der Waals surface area contributed by atoms with E-state index in [1.807, 2.05) is 37.3 Å². The van der Waals surface area contributed by atoms with Gasteiger partial charge in [-0.1, -0.05) is 42.5 Å². The van der Waals surface area contributed by atoms with E-state index in [2.05, 4.69) is 0 Å². The summed E-state index contributed by atoms with van der Waals surface area (Å²) in [6, 6.07) is 15.7. The molecule has 1 atom stereocenters. The highest BCUT2D eigenvalue weighted by molar-refractivity contribution is 7.89. The molecule has 2 aromatic carbocycles. The molecule has 2 N–H and O–H groups in total. The molecule has 8 heteroatoms. The van der Waals surface area contributed by atoms with Crippen LogP contribution in [0.2, 0.25) is 0 Å². The first-order valence-electron chi connectivity index (χ1n) is 10.6. The molecule has 7 nitrogen and oxygen atoms in total. The molecule has 1 unspecified atom stereocenters. The number of nitrogens with two attached hydrogens (primary N) is 1. The van der Waals surface area contributed by atoms with Crippen molar-refractivity contribution in [2.45, 2.75) is 30.7 Å². The number of piperidine rings is 1. The molecule has 1 saturated heterocycles. The molecule has 0 aliphatic carbocycles. The third-order valence-corrected chi connectivity index (χ3v) is 6.88. The van der Waals surface area contributed by atoms with Crippen molar-refractivity contribution < 1.29 is 18.0 Å². The fraction of sp³-hybridized carbons (Fsp3) is 0.333. The molecule has 0 saturated carbocycles. The van der Waals surface area contributed by atoms with Gasteiger partial charge in [-0.3, -0.25) is 9.59 Å². The number of sulfonamides is 1. The minimum Gasteiger partial charge on any atom is -0.339 e. The Hall–Kier alpha value is -2.97. The van der Waals surface area contributed by atoms with Crippen LogP contribution in [0.5, 0.6) is 0 Å². The van der Waals surface area contributed by atoms with Crippen LogP contribution in [0.1, 0.15) is 36.9 Å². The second-order valence-electron chi connectivity index (χ2n) is 8.09. The number of carbonyl (C=O) groups is 2. The second kappa shape index (κ2) is 10.1. The van der Waals surface area contributed by atoms with Gasteiger partial charge in [0.05, 0.1) is 10.9 Å². The molecule has 2 aromatic rings. The van der Waals surface area contributed by atoms with Gasteiger partial charge in [-0.25, -0.2) is 13.6 Å². The third kappa shape index (κ3) is 5.83. The van der Waals surface area contributed by atoms with E-state index in [1.165, 1.54) is 12.1 Å². The van der Waals surface area contributed by atoms with Gasteiger partial charge < -0.3 is 9.80 Å². The van der Waals surface area contributed by atoms with E-state index < -0.39 is 10.0 Å². The Morgan fingerprint density at radius 1 is 1.09 bits per heavy atom. The zero-order valence-corrected chi connectivity index (χ0v) is 19.2. The van der Waals surface area contributed by atoms with Gasteiger partial charge in [0, 0.05) is 32.1 Å². The molecule has 0 bridgehead atoms. The van der Waals surface area contributed by atoms with E-state index in [0.717, 1.165) is 5.56 Å². The van der Waals surface area contributed by atoms with E-state index in [9.17, 15) is 18.0 Å². The fourth-order valence-electron chi connectivity index (χ4n) is 3.84. The molecule has 3 rings (SSSR count). The van der Waals surface area contributed by atoms with Crippen LogP contribution in [0.15, 0.2) is 65.6 Å². The minimum atomic E-state index is -3.81. The topological polar surface area (TPSA) is 101 Å². The lowest BCUT2D eigenvalue weighted by Crippen LogP contribution is -2.43. The number of primary sulfonamides is 1. The van der Waals surface area contributed by atoms with Crippen molar-refractivity contribution in [3.05, 3.63) is 71.8 Å². The van der Waals surface area contributed by atoms with E-state index >= 15 is 0 Å². The number of rotatable bonds is 6. The first-order chi connectivity index (χ1) is 15.2. The molecule has 1 aliphatic heterocycles. The Balaban J connectivity index is 1.57. The van der Waals surface area contributed by atoms with Crippen molar-refractivity contribution in [1.29, 1.82) is 0 Å². The van der Waals surface area contributed by atoms with Crippen LogP contribution in [-0.2, 0) is 19.6 Å². The molecule has 1 fully saturated rings. The predicted molar refractivity (Wildman–Crippen MR) is 124 cm³/mol. The van der Waals surface area contributed by atoms with Crippen molar-refractivity contribution >= 4 is 27.9 Å². The Morgan fingerprint density at radius 2 is 1.75 bits per heavy atom. The SMILES string of the molecule is CC(c1cccc(S(N)(=O)=O)c1)N(C)C(=O)C1CCN(C(=O)/C=C/c2ccccc2)CC1. The molecule has 0 spiro atoms. The summed E-state index contributed by atoms with van der Waals surface area (Å²) in [5.74, 6) is -0.238. The Labute approximate surface area is 189 Å². The quantitative estimate of drug-likeness (QED) is 0.677. The van der Waals surface area contributed by atoms with Gasteiger partial charge in [0.2, 0.25) is 21.8 Å². The number of hydrogen-bond donors (Lipinski definition) is 1.